The smallest absolute Gasteiger partial charge is 0.329 e. The maximum Gasteiger partial charge on any atom is 0.329 e. The monoisotopic (exact) mass is 357 g/mol. The fourth-order valence-corrected chi connectivity index (χ4v) is 1.95. The summed E-state index contributed by atoms with van der Waals surface area (Å²) in [7, 11) is 0. The van der Waals surface area contributed by atoms with Crippen LogP contribution in [0.1, 0.15) is 5.56 Å². The van der Waals surface area contributed by atoms with Crippen molar-refractivity contribution in [3.8, 4) is 5.75 Å². The van der Waals surface area contributed by atoms with Gasteiger partial charge in [0.2, 0.25) is 0 Å². The zero-order valence-electron chi connectivity index (χ0n) is 13.2. The van der Waals surface area contributed by atoms with Crippen LogP contribution in [-0.2, 0) is 9.59 Å². The van der Waals surface area contributed by atoms with Gasteiger partial charge in [-0.05, 0) is 30.3 Å². The molecule has 25 heavy (non-hydrogen) atoms. The van der Waals surface area contributed by atoms with E-state index in [4.69, 9.17) is 16.3 Å². The number of carbonyl (C=O) groups excluding carboxylic acids is 2. The van der Waals surface area contributed by atoms with Crippen LogP contribution in [-0.4, -0.2) is 24.6 Å². The summed E-state index contributed by atoms with van der Waals surface area (Å²) in [5.74, 6) is -1.10. The number of hydrogen-bond acceptors (Lipinski definition) is 4. The zero-order chi connectivity index (χ0) is 18.1. The minimum absolute atomic E-state index is 0.386. The average molecular weight is 358 g/mol. The zero-order valence-corrected chi connectivity index (χ0v) is 14.0. The summed E-state index contributed by atoms with van der Waals surface area (Å²) in [4.78, 5) is 23.5. The van der Waals surface area contributed by atoms with E-state index in [1.54, 1.807) is 54.6 Å². The molecule has 0 bridgehead atoms. The standard InChI is InChI=1S/C18H16ClN3O3/c1-2-11-25-15-9-7-14(8-10-15)21-17(23)18(24)22-20-12-13-5-3-4-6-16(13)19/h2-10,12H,1,11H2,(H,21,23)(H,22,24)/b20-12-. The van der Waals surface area contributed by atoms with Crippen LogP contribution in [0.15, 0.2) is 66.3 Å². The highest BCUT2D eigenvalue weighted by Gasteiger charge is 2.12. The molecule has 0 unspecified atom stereocenters. The largest absolute Gasteiger partial charge is 0.490 e. The molecule has 7 heteroatoms. The third-order valence-corrected chi connectivity index (χ3v) is 3.31. The summed E-state index contributed by atoms with van der Waals surface area (Å²) in [6.07, 6.45) is 2.99. The van der Waals surface area contributed by atoms with Crippen LogP contribution >= 0.6 is 11.6 Å². The Kier molecular flexibility index (Phi) is 6.74. The van der Waals surface area contributed by atoms with E-state index in [1.165, 1.54) is 6.21 Å². The maximum absolute atomic E-state index is 11.8. The van der Waals surface area contributed by atoms with E-state index in [0.29, 0.717) is 28.6 Å². The van der Waals surface area contributed by atoms with Crippen LogP contribution in [0, 0.1) is 0 Å². The lowest BCUT2D eigenvalue weighted by molar-refractivity contribution is -0.136. The van der Waals surface area contributed by atoms with Crippen molar-refractivity contribution in [1.29, 1.82) is 0 Å². The molecule has 0 spiro atoms. The SMILES string of the molecule is C=CCOc1ccc(NC(=O)C(=O)N/N=C\c2ccccc2Cl)cc1. The van der Waals surface area contributed by atoms with Gasteiger partial charge in [-0.25, -0.2) is 5.43 Å². The molecule has 6 nitrogen and oxygen atoms in total. The van der Waals surface area contributed by atoms with Crippen molar-refractivity contribution >= 4 is 35.3 Å². The number of amides is 2. The molecular weight excluding hydrogens is 342 g/mol. The highest BCUT2D eigenvalue weighted by Crippen LogP contribution is 2.15. The fourth-order valence-electron chi connectivity index (χ4n) is 1.77. The van der Waals surface area contributed by atoms with Crippen LogP contribution < -0.4 is 15.5 Å². The molecule has 0 heterocycles. The van der Waals surface area contributed by atoms with Gasteiger partial charge in [-0.3, -0.25) is 9.59 Å². The van der Waals surface area contributed by atoms with Crippen LogP contribution in [0.2, 0.25) is 5.02 Å². The van der Waals surface area contributed by atoms with E-state index in [0.717, 1.165) is 0 Å². The fraction of sp³-hybridized carbons (Fsp3) is 0.0556. The second-order valence-electron chi connectivity index (χ2n) is 4.80. The van der Waals surface area contributed by atoms with Crippen LogP contribution in [0.3, 0.4) is 0 Å². The van der Waals surface area contributed by atoms with E-state index < -0.39 is 11.8 Å². The number of carbonyl (C=O) groups is 2. The predicted molar refractivity (Wildman–Crippen MR) is 98.0 cm³/mol. The predicted octanol–water partition coefficient (Wildman–Crippen LogP) is 2.99. The van der Waals surface area contributed by atoms with Crippen molar-refractivity contribution in [2.24, 2.45) is 5.10 Å². The van der Waals surface area contributed by atoms with Crippen LogP contribution in [0.4, 0.5) is 5.69 Å². The molecule has 0 atom stereocenters. The maximum atomic E-state index is 11.8. The highest BCUT2D eigenvalue weighted by atomic mass is 35.5. The molecule has 2 aromatic rings. The van der Waals surface area contributed by atoms with Gasteiger partial charge in [0.25, 0.3) is 0 Å². The number of halogens is 1. The summed E-state index contributed by atoms with van der Waals surface area (Å²) < 4.78 is 5.33. The molecule has 0 aliphatic heterocycles. The summed E-state index contributed by atoms with van der Waals surface area (Å²) >= 11 is 5.95. The Bertz CT molecular complexity index is 788. The normalized spacial score (nSPS) is 10.3. The average Bonchev–Trinajstić information content (AvgIpc) is 2.62. The molecule has 2 aromatic carbocycles. The number of nitrogens with one attached hydrogen (secondary N) is 2. The number of hydrazone groups is 1. The van der Waals surface area contributed by atoms with Crippen molar-refractivity contribution in [2.45, 2.75) is 0 Å². The Morgan fingerprint density at radius 1 is 1.12 bits per heavy atom. The van der Waals surface area contributed by atoms with Gasteiger partial charge in [0.15, 0.2) is 0 Å². The second-order valence-corrected chi connectivity index (χ2v) is 5.21. The number of hydrogen-bond donors (Lipinski definition) is 2. The third-order valence-electron chi connectivity index (χ3n) is 2.96. The van der Waals surface area contributed by atoms with Crippen molar-refractivity contribution in [1.82, 2.24) is 5.43 Å². The van der Waals surface area contributed by atoms with E-state index in [2.05, 4.69) is 22.4 Å². The molecule has 0 fully saturated rings. The number of benzene rings is 2. The first-order valence-corrected chi connectivity index (χ1v) is 7.70. The second kappa shape index (κ2) is 9.24. The van der Waals surface area contributed by atoms with Crippen molar-refractivity contribution < 1.29 is 14.3 Å². The highest BCUT2D eigenvalue weighted by molar-refractivity contribution is 6.39. The van der Waals surface area contributed by atoms with E-state index in [1.807, 2.05) is 0 Å². The topological polar surface area (TPSA) is 79.8 Å². The van der Waals surface area contributed by atoms with Crippen molar-refractivity contribution in [2.75, 3.05) is 11.9 Å². The Morgan fingerprint density at radius 2 is 1.84 bits per heavy atom. The van der Waals surface area contributed by atoms with Gasteiger partial charge in [-0.15, -0.1) is 0 Å². The van der Waals surface area contributed by atoms with Gasteiger partial charge in [-0.2, -0.15) is 5.10 Å². The minimum atomic E-state index is -0.893. The quantitative estimate of drug-likeness (QED) is 0.361. The Hall–Kier alpha value is -3.12. The van der Waals surface area contributed by atoms with Gasteiger partial charge in [0.1, 0.15) is 12.4 Å². The lowest BCUT2D eigenvalue weighted by Crippen LogP contribution is -2.32. The van der Waals surface area contributed by atoms with Crippen LogP contribution in [0.25, 0.3) is 0 Å². The van der Waals surface area contributed by atoms with E-state index in [9.17, 15) is 9.59 Å². The van der Waals surface area contributed by atoms with Crippen molar-refractivity contribution in [3.63, 3.8) is 0 Å². The van der Waals surface area contributed by atoms with Gasteiger partial charge < -0.3 is 10.1 Å². The van der Waals surface area contributed by atoms with Crippen molar-refractivity contribution in [3.05, 3.63) is 71.8 Å². The lowest BCUT2D eigenvalue weighted by Gasteiger charge is -2.06. The molecule has 0 aromatic heterocycles. The summed E-state index contributed by atoms with van der Waals surface area (Å²) in [6, 6.07) is 13.6. The van der Waals surface area contributed by atoms with E-state index in [-0.39, 0.29) is 0 Å². The third kappa shape index (κ3) is 5.78. The van der Waals surface area contributed by atoms with Gasteiger partial charge >= 0.3 is 11.8 Å². The first-order valence-electron chi connectivity index (χ1n) is 7.33. The van der Waals surface area contributed by atoms with Crippen LogP contribution in [0.5, 0.6) is 5.75 Å². The number of nitrogens with zero attached hydrogens (tertiary/aromatic N) is 1. The number of anilines is 1. The molecule has 2 N–H and O–H groups in total. The Labute approximate surface area is 150 Å². The van der Waals surface area contributed by atoms with Gasteiger partial charge in [0.05, 0.1) is 6.21 Å². The minimum Gasteiger partial charge on any atom is -0.490 e. The molecular formula is C18H16ClN3O3. The molecule has 0 aliphatic rings. The summed E-state index contributed by atoms with van der Waals surface area (Å²) in [5.41, 5.74) is 3.23. The molecule has 2 rings (SSSR count). The Morgan fingerprint density at radius 3 is 2.52 bits per heavy atom. The molecule has 0 saturated heterocycles. The lowest BCUT2D eigenvalue weighted by atomic mass is 10.2. The van der Waals surface area contributed by atoms with E-state index >= 15 is 0 Å². The van der Waals surface area contributed by atoms with Gasteiger partial charge in [-0.1, -0.05) is 42.5 Å². The first-order chi connectivity index (χ1) is 12.1. The summed E-state index contributed by atoms with van der Waals surface area (Å²) in [6.45, 7) is 3.94. The molecule has 128 valence electrons. The van der Waals surface area contributed by atoms with Gasteiger partial charge in [0, 0.05) is 16.3 Å². The first kappa shape index (κ1) is 18.2. The number of ether oxygens (including phenoxy) is 1. The molecule has 0 radical (unpaired) electrons. The molecule has 2 amide bonds. The summed E-state index contributed by atoms with van der Waals surface area (Å²) in [5, 5.41) is 6.66. The Balaban J connectivity index is 1.86. The number of rotatable bonds is 6. The molecule has 0 aliphatic carbocycles. The molecule has 0 saturated carbocycles.